The van der Waals surface area contributed by atoms with Crippen molar-refractivity contribution in [3.63, 3.8) is 0 Å². The van der Waals surface area contributed by atoms with Crippen molar-refractivity contribution in [1.29, 1.82) is 0 Å². The number of aromatic nitrogens is 1. The molecule has 1 aromatic heterocycles. The van der Waals surface area contributed by atoms with Crippen molar-refractivity contribution in [3.05, 3.63) is 17.8 Å². The van der Waals surface area contributed by atoms with Crippen molar-refractivity contribution in [2.24, 2.45) is 5.73 Å². The summed E-state index contributed by atoms with van der Waals surface area (Å²) in [5, 5.41) is 3.27. The number of hydrogen-bond acceptors (Lipinski definition) is 4. The molecule has 17 heavy (non-hydrogen) atoms. The molecule has 0 aliphatic carbocycles. The van der Waals surface area contributed by atoms with Crippen molar-refractivity contribution in [1.82, 2.24) is 4.98 Å². The van der Waals surface area contributed by atoms with E-state index in [2.05, 4.69) is 31.1 Å². The maximum absolute atomic E-state index is 11.2. The SMILES string of the molecule is CCCC(C)(C)Nc1cc(C(N)=O)c(N)cn1. The van der Waals surface area contributed by atoms with E-state index >= 15 is 0 Å². The zero-order valence-corrected chi connectivity index (χ0v) is 10.6. The molecule has 0 saturated heterocycles. The Balaban J connectivity index is 2.93. The highest BCUT2D eigenvalue weighted by atomic mass is 16.1. The van der Waals surface area contributed by atoms with Gasteiger partial charge in [0.25, 0.3) is 5.91 Å². The third kappa shape index (κ3) is 3.62. The van der Waals surface area contributed by atoms with Crippen LogP contribution in [-0.4, -0.2) is 16.4 Å². The molecule has 0 saturated carbocycles. The quantitative estimate of drug-likeness (QED) is 0.726. The largest absolute Gasteiger partial charge is 0.397 e. The number of nitrogen functional groups attached to an aromatic ring is 1. The number of carbonyl (C=O) groups excluding carboxylic acids is 1. The monoisotopic (exact) mass is 236 g/mol. The van der Waals surface area contributed by atoms with Crippen molar-refractivity contribution in [3.8, 4) is 0 Å². The lowest BCUT2D eigenvalue weighted by Crippen LogP contribution is -2.31. The van der Waals surface area contributed by atoms with Crippen LogP contribution in [0.3, 0.4) is 0 Å². The van der Waals surface area contributed by atoms with Gasteiger partial charge in [-0.3, -0.25) is 4.79 Å². The average molecular weight is 236 g/mol. The van der Waals surface area contributed by atoms with Crippen LogP contribution >= 0.6 is 0 Å². The molecule has 0 aliphatic rings. The maximum atomic E-state index is 11.2. The second-order valence-electron chi connectivity index (χ2n) is 4.78. The molecule has 5 nitrogen and oxygen atoms in total. The van der Waals surface area contributed by atoms with Crippen molar-refractivity contribution in [2.75, 3.05) is 11.1 Å². The minimum Gasteiger partial charge on any atom is -0.397 e. The molecule has 1 rings (SSSR count). The van der Waals surface area contributed by atoms with E-state index in [9.17, 15) is 4.79 Å². The molecule has 5 N–H and O–H groups in total. The first-order valence-corrected chi connectivity index (χ1v) is 5.69. The third-order valence-electron chi connectivity index (χ3n) is 2.54. The fourth-order valence-electron chi connectivity index (χ4n) is 1.78. The Morgan fingerprint density at radius 3 is 2.71 bits per heavy atom. The normalized spacial score (nSPS) is 11.2. The van der Waals surface area contributed by atoms with Gasteiger partial charge < -0.3 is 16.8 Å². The highest BCUT2D eigenvalue weighted by Gasteiger charge is 2.17. The van der Waals surface area contributed by atoms with Gasteiger partial charge in [0.15, 0.2) is 0 Å². The molecule has 0 unspecified atom stereocenters. The Hall–Kier alpha value is -1.78. The second-order valence-corrected chi connectivity index (χ2v) is 4.78. The average Bonchev–Trinajstić information content (AvgIpc) is 2.20. The predicted octanol–water partition coefficient (Wildman–Crippen LogP) is 1.75. The number of nitrogens with two attached hydrogens (primary N) is 2. The Morgan fingerprint density at radius 1 is 1.53 bits per heavy atom. The lowest BCUT2D eigenvalue weighted by Gasteiger charge is -2.26. The first kappa shape index (κ1) is 13.3. The lowest BCUT2D eigenvalue weighted by molar-refractivity contribution is 0.100. The molecule has 0 aliphatic heterocycles. The van der Waals surface area contributed by atoms with Gasteiger partial charge in [-0.05, 0) is 26.3 Å². The van der Waals surface area contributed by atoms with Gasteiger partial charge in [-0.2, -0.15) is 0 Å². The van der Waals surface area contributed by atoms with Gasteiger partial charge in [-0.25, -0.2) is 4.98 Å². The summed E-state index contributed by atoms with van der Waals surface area (Å²) in [6, 6.07) is 1.59. The summed E-state index contributed by atoms with van der Waals surface area (Å²) in [4.78, 5) is 15.3. The molecule has 1 aromatic rings. The van der Waals surface area contributed by atoms with Gasteiger partial charge in [0.05, 0.1) is 17.4 Å². The number of carbonyl (C=O) groups is 1. The summed E-state index contributed by atoms with van der Waals surface area (Å²) in [7, 11) is 0. The molecule has 0 spiro atoms. The van der Waals surface area contributed by atoms with Gasteiger partial charge in [-0.15, -0.1) is 0 Å². The summed E-state index contributed by atoms with van der Waals surface area (Å²) in [5.74, 6) is 0.0766. The first-order chi connectivity index (χ1) is 7.85. The fourth-order valence-corrected chi connectivity index (χ4v) is 1.78. The summed E-state index contributed by atoms with van der Waals surface area (Å²) in [6.07, 6.45) is 3.52. The number of nitrogens with one attached hydrogen (secondary N) is 1. The van der Waals surface area contributed by atoms with Gasteiger partial charge >= 0.3 is 0 Å². The van der Waals surface area contributed by atoms with Crippen LogP contribution in [-0.2, 0) is 0 Å². The molecule has 0 fully saturated rings. The van der Waals surface area contributed by atoms with Crippen LogP contribution in [0.4, 0.5) is 11.5 Å². The van der Waals surface area contributed by atoms with Crippen LogP contribution in [0.25, 0.3) is 0 Å². The lowest BCUT2D eigenvalue weighted by atomic mass is 9.99. The zero-order valence-electron chi connectivity index (χ0n) is 10.6. The van der Waals surface area contributed by atoms with E-state index in [-0.39, 0.29) is 5.54 Å². The smallest absolute Gasteiger partial charge is 0.250 e. The summed E-state index contributed by atoms with van der Waals surface area (Å²) >= 11 is 0. The molecule has 0 bridgehead atoms. The summed E-state index contributed by atoms with van der Waals surface area (Å²) in [6.45, 7) is 6.28. The topological polar surface area (TPSA) is 94.0 Å². The molecule has 1 amide bonds. The molecule has 0 radical (unpaired) electrons. The third-order valence-corrected chi connectivity index (χ3v) is 2.54. The number of nitrogens with zero attached hydrogens (tertiary/aromatic N) is 1. The van der Waals surface area contributed by atoms with Crippen molar-refractivity contribution >= 4 is 17.4 Å². The van der Waals surface area contributed by atoms with E-state index in [4.69, 9.17) is 11.5 Å². The van der Waals surface area contributed by atoms with E-state index < -0.39 is 5.91 Å². The van der Waals surface area contributed by atoms with Crippen LogP contribution in [0.5, 0.6) is 0 Å². The van der Waals surface area contributed by atoms with E-state index in [0.29, 0.717) is 17.1 Å². The van der Waals surface area contributed by atoms with Crippen molar-refractivity contribution in [2.45, 2.75) is 39.2 Å². The van der Waals surface area contributed by atoms with Crippen LogP contribution in [0.2, 0.25) is 0 Å². The zero-order chi connectivity index (χ0) is 13.1. The second kappa shape index (κ2) is 5.03. The van der Waals surface area contributed by atoms with Crippen LogP contribution in [0, 0.1) is 0 Å². The predicted molar refractivity (Wildman–Crippen MR) is 69.8 cm³/mol. The Labute approximate surface area is 102 Å². The Morgan fingerprint density at radius 2 is 2.18 bits per heavy atom. The summed E-state index contributed by atoms with van der Waals surface area (Å²) in [5.41, 5.74) is 11.4. The van der Waals surface area contributed by atoms with E-state index in [0.717, 1.165) is 12.8 Å². The number of primary amides is 1. The van der Waals surface area contributed by atoms with Gasteiger partial charge in [0, 0.05) is 5.54 Å². The highest BCUT2D eigenvalue weighted by Crippen LogP contribution is 2.20. The molecular weight excluding hydrogens is 216 g/mol. The summed E-state index contributed by atoms with van der Waals surface area (Å²) < 4.78 is 0. The van der Waals surface area contributed by atoms with Crippen LogP contribution < -0.4 is 16.8 Å². The molecule has 94 valence electrons. The maximum Gasteiger partial charge on any atom is 0.250 e. The number of rotatable bonds is 5. The minimum absolute atomic E-state index is 0.0766. The van der Waals surface area contributed by atoms with E-state index in [1.807, 2.05) is 0 Å². The molecular formula is C12H20N4O. The van der Waals surface area contributed by atoms with Crippen molar-refractivity contribution < 1.29 is 4.79 Å². The van der Waals surface area contributed by atoms with Gasteiger partial charge in [0.1, 0.15) is 5.82 Å². The Bertz CT molecular complexity index is 415. The van der Waals surface area contributed by atoms with E-state index in [1.54, 1.807) is 6.07 Å². The van der Waals surface area contributed by atoms with E-state index in [1.165, 1.54) is 6.20 Å². The molecule has 5 heteroatoms. The Kier molecular flexibility index (Phi) is 3.93. The first-order valence-electron chi connectivity index (χ1n) is 5.69. The molecule has 1 heterocycles. The minimum atomic E-state index is -0.541. The number of anilines is 2. The molecule has 0 aromatic carbocycles. The van der Waals surface area contributed by atoms with Crippen LogP contribution in [0.1, 0.15) is 44.0 Å². The number of amides is 1. The molecule has 0 atom stereocenters. The standard InChI is InChI=1S/C12H20N4O/c1-4-5-12(2,3)16-10-6-8(11(14)17)9(13)7-15-10/h6-7H,4-5,13H2,1-3H3,(H2,14,17)(H,15,16). The van der Waals surface area contributed by atoms with Gasteiger partial charge in [0.2, 0.25) is 0 Å². The van der Waals surface area contributed by atoms with Gasteiger partial charge in [-0.1, -0.05) is 13.3 Å². The number of pyridine rings is 1. The van der Waals surface area contributed by atoms with Crippen LogP contribution in [0.15, 0.2) is 12.3 Å². The number of hydrogen-bond donors (Lipinski definition) is 3. The highest BCUT2D eigenvalue weighted by molar-refractivity contribution is 5.98. The fraction of sp³-hybridized carbons (Fsp3) is 0.500.